The first-order valence-electron chi connectivity index (χ1n) is 10.3. The van der Waals surface area contributed by atoms with Gasteiger partial charge in [0.2, 0.25) is 0 Å². The largest absolute Gasteiger partial charge is 0.349 e. The van der Waals surface area contributed by atoms with Crippen molar-refractivity contribution >= 4 is 29.0 Å². The average molecular weight is 447 g/mol. The van der Waals surface area contributed by atoms with Crippen LogP contribution in [0.25, 0.3) is 16.4 Å². The van der Waals surface area contributed by atoms with E-state index in [2.05, 4.69) is 45.2 Å². The Bertz CT molecular complexity index is 1210. The first-order valence-corrected chi connectivity index (χ1v) is 12.1. The Morgan fingerprint density at radius 1 is 1.10 bits per heavy atom. The molecule has 1 aliphatic rings. The lowest BCUT2D eigenvalue weighted by Gasteiger charge is -2.13. The third-order valence-corrected chi connectivity index (χ3v) is 7.11. The minimum atomic E-state index is 0.0124. The highest BCUT2D eigenvalue weighted by Crippen LogP contribution is 2.33. The van der Waals surface area contributed by atoms with Gasteiger partial charge in [-0.15, -0.1) is 21.5 Å². The molecule has 31 heavy (non-hydrogen) atoms. The highest BCUT2D eigenvalue weighted by Gasteiger charge is 2.25. The molecule has 0 aliphatic heterocycles. The zero-order valence-corrected chi connectivity index (χ0v) is 18.7. The number of carbonyl (C=O) groups excluding carboxylic acids is 1. The Hall–Kier alpha value is -2.90. The normalized spacial score (nSPS) is 13.3. The van der Waals surface area contributed by atoms with Crippen molar-refractivity contribution in [3.8, 4) is 16.4 Å². The van der Waals surface area contributed by atoms with Crippen LogP contribution in [-0.4, -0.2) is 26.7 Å². The van der Waals surface area contributed by atoms with Gasteiger partial charge in [-0.2, -0.15) is 0 Å². The van der Waals surface area contributed by atoms with E-state index in [1.165, 1.54) is 0 Å². The lowest BCUT2D eigenvalue weighted by molar-refractivity contribution is 0.0950. The van der Waals surface area contributed by atoms with Crippen molar-refractivity contribution in [2.75, 3.05) is 0 Å². The van der Waals surface area contributed by atoms with Gasteiger partial charge in [-0.25, -0.2) is 0 Å². The van der Waals surface area contributed by atoms with Crippen LogP contribution in [0.4, 0.5) is 0 Å². The lowest BCUT2D eigenvalue weighted by atomic mass is 10.1. The molecular formula is C24H22N4OS2. The molecule has 0 spiro atoms. The van der Waals surface area contributed by atoms with Crippen LogP contribution in [-0.2, 0) is 5.75 Å². The number of para-hydroxylation sites is 1. The average Bonchev–Trinajstić information content (AvgIpc) is 3.26. The molecule has 1 saturated carbocycles. The number of hydrogen-bond donors (Lipinski definition) is 1. The van der Waals surface area contributed by atoms with Crippen LogP contribution in [0.3, 0.4) is 0 Å². The molecule has 7 heteroatoms. The quantitative estimate of drug-likeness (QED) is 0.382. The van der Waals surface area contributed by atoms with Gasteiger partial charge in [0.1, 0.15) is 0 Å². The molecule has 4 aromatic rings. The van der Waals surface area contributed by atoms with Gasteiger partial charge in [0, 0.05) is 17.4 Å². The van der Waals surface area contributed by atoms with Crippen LogP contribution >= 0.6 is 23.1 Å². The SMILES string of the molecule is Cc1ccccc1-n1c(SCc2ccccc2C(=O)NC2CC2)nnc1-c1cccs1. The van der Waals surface area contributed by atoms with Crippen molar-refractivity contribution in [2.24, 2.45) is 0 Å². The maximum atomic E-state index is 12.7. The first kappa shape index (κ1) is 20.0. The summed E-state index contributed by atoms with van der Waals surface area (Å²) in [6.07, 6.45) is 2.15. The number of nitrogens with zero attached hydrogens (tertiary/aromatic N) is 3. The van der Waals surface area contributed by atoms with Crippen molar-refractivity contribution in [2.45, 2.75) is 36.7 Å². The van der Waals surface area contributed by atoms with Gasteiger partial charge in [-0.05, 0) is 54.5 Å². The maximum Gasteiger partial charge on any atom is 0.251 e. The van der Waals surface area contributed by atoms with Crippen LogP contribution in [0.5, 0.6) is 0 Å². The van der Waals surface area contributed by atoms with Crippen molar-refractivity contribution in [1.29, 1.82) is 0 Å². The Morgan fingerprint density at radius 3 is 2.68 bits per heavy atom. The van der Waals surface area contributed by atoms with E-state index in [9.17, 15) is 4.79 Å². The summed E-state index contributed by atoms with van der Waals surface area (Å²) in [5.41, 5.74) is 3.97. The Kier molecular flexibility index (Phi) is 5.61. The number of thiophene rings is 1. The second-order valence-corrected chi connectivity index (χ2v) is 9.49. The smallest absolute Gasteiger partial charge is 0.251 e. The van der Waals surface area contributed by atoms with E-state index in [4.69, 9.17) is 0 Å². The molecule has 5 nitrogen and oxygen atoms in total. The van der Waals surface area contributed by atoms with Gasteiger partial charge in [0.25, 0.3) is 5.91 Å². The van der Waals surface area contributed by atoms with Crippen molar-refractivity contribution in [3.63, 3.8) is 0 Å². The van der Waals surface area contributed by atoms with Crippen molar-refractivity contribution < 1.29 is 4.79 Å². The van der Waals surface area contributed by atoms with E-state index in [0.29, 0.717) is 11.8 Å². The molecule has 2 heterocycles. The van der Waals surface area contributed by atoms with Gasteiger partial charge >= 0.3 is 0 Å². The van der Waals surface area contributed by atoms with E-state index in [-0.39, 0.29) is 5.91 Å². The fraction of sp³-hybridized carbons (Fsp3) is 0.208. The lowest BCUT2D eigenvalue weighted by Crippen LogP contribution is -2.26. The fourth-order valence-electron chi connectivity index (χ4n) is 3.46. The molecule has 156 valence electrons. The van der Waals surface area contributed by atoms with Crippen LogP contribution in [0.2, 0.25) is 0 Å². The zero-order valence-electron chi connectivity index (χ0n) is 17.1. The van der Waals surface area contributed by atoms with Crippen LogP contribution in [0.15, 0.2) is 71.2 Å². The summed E-state index contributed by atoms with van der Waals surface area (Å²) in [6.45, 7) is 2.10. The molecule has 0 bridgehead atoms. The minimum absolute atomic E-state index is 0.0124. The van der Waals surface area contributed by atoms with Crippen LogP contribution in [0, 0.1) is 6.92 Å². The summed E-state index contributed by atoms with van der Waals surface area (Å²) in [4.78, 5) is 13.7. The van der Waals surface area contributed by atoms with Crippen LogP contribution < -0.4 is 5.32 Å². The van der Waals surface area contributed by atoms with Gasteiger partial charge in [0.05, 0.1) is 10.6 Å². The minimum Gasteiger partial charge on any atom is -0.349 e. The molecule has 0 unspecified atom stereocenters. The summed E-state index contributed by atoms with van der Waals surface area (Å²) < 4.78 is 2.12. The number of thioether (sulfide) groups is 1. The number of aromatic nitrogens is 3. The molecule has 0 radical (unpaired) electrons. The summed E-state index contributed by atoms with van der Waals surface area (Å²) >= 11 is 3.25. The maximum absolute atomic E-state index is 12.7. The fourth-order valence-corrected chi connectivity index (χ4v) is 5.11. The first-order chi connectivity index (χ1) is 15.2. The third-order valence-electron chi connectivity index (χ3n) is 5.26. The topological polar surface area (TPSA) is 59.8 Å². The van der Waals surface area contributed by atoms with Crippen molar-refractivity contribution in [3.05, 3.63) is 82.7 Å². The van der Waals surface area contributed by atoms with E-state index in [0.717, 1.165) is 51.1 Å². The molecule has 1 N–H and O–H groups in total. The molecule has 1 amide bonds. The number of nitrogens with one attached hydrogen (secondary N) is 1. The third kappa shape index (κ3) is 4.29. The molecule has 0 atom stereocenters. The van der Waals surface area contributed by atoms with E-state index in [1.54, 1.807) is 23.1 Å². The Balaban J connectivity index is 1.47. The van der Waals surface area contributed by atoms with Gasteiger partial charge < -0.3 is 5.32 Å². The number of aryl methyl sites for hydroxylation is 1. The van der Waals surface area contributed by atoms with Gasteiger partial charge in [-0.3, -0.25) is 9.36 Å². The summed E-state index contributed by atoms with van der Waals surface area (Å²) in [5.74, 6) is 1.49. The molecule has 0 saturated heterocycles. The number of amides is 1. The molecule has 1 fully saturated rings. The molecule has 2 aromatic heterocycles. The number of carbonyl (C=O) groups is 1. The second-order valence-electron chi connectivity index (χ2n) is 7.60. The monoisotopic (exact) mass is 446 g/mol. The predicted octanol–water partition coefficient (Wildman–Crippen LogP) is 5.49. The van der Waals surface area contributed by atoms with Gasteiger partial charge in [0.15, 0.2) is 11.0 Å². The Labute approximate surface area is 189 Å². The summed E-state index contributed by atoms with van der Waals surface area (Å²) in [7, 11) is 0. The van der Waals surface area contributed by atoms with Gasteiger partial charge in [-0.1, -0.05) is 54.2 Å². The molecule has 1 aliphatic carbocycles. The molecular weight excluding hydrogens is 424 g/mol. The van der Waals surface area contributed by atoms with E-state index < -0.39 is 0 Å². The predicted molar refractivity (Wildman–Crippen MR) is 126 cm³/mol. The highest BCUT2D eigenvalue weighted by molar-refractivity contribution is 7.98. The zero-order chi connectivity index (χ0) is 21.2. The van der Waals surface area contributed by atoms with E-state index in [1.807, 2.05) is 47.8 Å². The Morgan fingerprint density at radius 2 is 1.90 bits per heavy atom. The number of benzene rings is 2. The van der Waals surface area contributed by atoms with Crippen LogP contribution in [0.1, 0.15) is 34.3 Å². The second kappa shape index (κ2) is 8.69. The molecule has 5 rings (SSSR count). The highest BCUT2D eigenvalue weighted by atomic mass is 32.2. The summed E-state index contributed by atoms with van der Waals surface area (Å²) in [6, 6.07) is 20.5. The molecule has 2 aromatic carbocycles. The summed E-state index contributed by atoms with van der Waals surface area (Å²) in [5, 5.41) is 15.0. The number of hydrogen-bond acceptors (Lipinski definition) is 5. The van der Waals surface area contributed by atoms with Crippen molar-refractivity contribution in [1.82, 2.24) is 20.1 Å². The number of rotatable bonds is 7. The standard InChI is InChI=1S/C24H22N4OS2/c1-16-7-2-5-10-20(16)28-22(21-11-6-14-30-21)26-27-24(28)31-15-17-8-3-4-9-19(17)23(29)25-18-12-13-18/h2-11,14,18H,12-13,15H2,1H3,(H,25,29). The van der Waals surface area contributed by atoms with E-state index >= 15 is 0 Å².